The van der Waals surface area contributed by atoms with Crippen LogP contribution in [0.3, 0.4) is 0 Å². The van der Waals surface area contributed by atoms with Gasteiger partial charge >= 0.3 is 0 Å². The molecule has 2 N–H and O–H groups in total. The van der Waals surface area contributed by atoms with E-state index >= 15 is 0 Å². The molecule has 0 fully saturated rings. The summed E-state index contributed by atoms with van der Waals surface area (Å²) in [6.07, 6.45) is 3.92. The molecule has 0 aliphatic rings. The first-order valence-corrected chi connectivity index (χ1v) is 5.82. The van der Waals surface area contributed by atoms with Crippen molar-refractivity contribution in [3.8, 4) is 5.82 Å². The molecule has 2 heterocycles. The quantitative estimate of drug-likeness (QED) is 0.748. The number of pyridine rings is 1. The first-order chi connectivity index (χ1) is 8.88. The molecule has 5 nitrogen and oxygen atoms in total. The summed E-state index contributed by atoms with van der Waals surface area (Å²) in [5, 5.41) is 5.25. The number of nitrogens with zero attached hydrogens (tertiary/aromatic N) is 4. The lowest BCUT2D eigenvalue weighted by atomic mass is 10.1. The van der Waals surface area contributed by atoms with Crippen LogP contribution in [0, 0.1) is 0 Å². The smallest absolute Gasteiger partial charge is 0.159 e. The second-order valence-corrected chi connectivity index (χ2v) is 4.04. The van der Waals surface area contributed by atoms with Gasteiger partial charge in [0.05, 0.1) is 5.52 Å². The molecular formula is C13H13N5. The molecule has 0 aliphatic carbocycles. The Labute approximate surface area is 104 Å². The highest BCUT2D eigenvalue weighted by atomic mass is 15.3. The molecule has 1 aromatic carbocycles. The molecule has 90 valence electrons. The van der Waals surface area contributed by atoms with Crippen LogP contribution in [-0.2, 0) is 6.42 Å². The molecule has 0 spiro atoms. The van der Waals surface area contributed by atoms with Crippen molar-refractivity contribution in [2.24, 2.45) is 5.73 Å². The van der Waals surface area contributed by atoms with Crippen LogP contribution in [0.5, 0.6) is 0 Å². The highest BCUT2D eigenvalue weighted by Gasteiger charge is 2.08. The average Bonchev–Trinajstić information content (AvgIpc) is 2.92. The van der Waals surface area contributed by atoms with Crippen LogP contribution in [0.2, 0.25) is 0 Å². The zero-order valence-corrected chi connectivity index (χ0v) is 9.82. The third-order valence-electron chi connectivity index (χ3n) is 2.83. The normalized spacial score (nSPS) is 10.9. The van der Waals surface area contributed by atoms with E-state index in [0.717, 1.165) is 28.7 Å². The minimum Gasteiger partial charge on any atom is -0.330 e. The second-order valence-electron chi connectivity index (χ2n) is 4.04. The zero-order chi connectivity index (χ0) is 12.4. The van der Waals surface area contributed by atoms with Gasteiger partial charge in [0, 0.05) is 5.39 Å². The number of hydrogen-bond donors (Lipinski definition) is 1. The van der Waals surface area contributed by atoms with Gasteiger partial charge in [-0.1, -0.05) is 18.2 Å². The molecule has 0 aliphatic heterocycles. The van der Waals surface area contributed by atoms with Crippen LogP contribution in [0.4, 0.5) is 0 Å². The van der Waals surface area contributed by atoms with Crippen molar-refractivity contribution in [1.82, 2.24) is 19.7 Å². The molecule has 5 heteroatoms. The van der Waals surface area contributed by atoms with Gasteiger partial charge in [0.1, 0.15) is 12.7 Å². The molecule has 0 unspecified atom stereocenters. The van der Waals surface area contributed by atoms with Crippen LogP contribution in [0.25, 0.3) is 16.7 Å². The third-order valence-corrected chi connectivity index (χ3v) is 2.83. The maximum atomic E-state index is 5.65. The van der Waals surface area contributed by atoms with Crippen LogP contribution in [0.15, 0.2) is 43.0 Å². The Morgan fingerprint density at radius 1 is 1.22 bits per heavy atom. The van der Waals surface area contributed by atoms with Crippen molar-refractivity contribution in [2.75, 3.05) is 6.54 Å². The van der Waals surface area contributed by atoms with E-state index in [0.29, 0.717) is 6.54 Å². The molecule has 3 aromatic rings. The summed E-state index contributed by atoms with van der Waals surface area (Å²) in [6, 6.07) is 10.1. The molecule has 0 saturated heterocycles. The van der Waals surface area contributed by atoms with Gasteiger partial charge in [-0.15, -0.1) is 0 Å². The third kappa shape index (κ3) is 1.84. The van der Waals surface area contributed by atoms with Crippen LogP contribution in [-0.4, -0.2) is 26.3 Å². The molecule has 3 rings (SSSR count). The largest absolute Gasteiger partial charge is 0.330 e. The number of para-hydroxylation sites is 1. The zero-order valence-electron chi connectivity index (χ0n) is 9.82. The Morgan fingerprint density at radius 3 is 2.89 bits per heavy atom. The summed E-state index contributed by atoms with van der Waals surface area (Å²) >= 11 is 0. The van der Waals surface area contributed by atoms with E-state index in [1.54, 1.807) is 11.0 Å². The van der Waals surface area contributed by atoms with E-state index in [9.17, 15) is 0 Å². The van der Waals surface area contributed by atoms with Gasteiger partial charge in [0.25, 0.3) is 0 Å². The maximum Gasteiger partial charge on any atom is 0.159 e. The Balaban J connectivity index is 2.24. The summed E-state index contributed by atoms with van der Waals surface area (Å²) < 4.78 is 1.68. The minimum atomic E-state index is 0.585. The van der Waals surface area contributed by atoms with Crippen molar-refractivity contribution in [1.29, 1.82) is 0 Å². The summed E-state index contributed by atoms with van der Waals surface area (Å²) in [5.41, 5.74) is 7.69. The fourth-order valence-electron chi connectivity index (χ4n) is 2.00. The molecular weight excluding hydrogens is 226 g/mol. The summed E-state index contributed by atoms with van der Waals surface area (Å²) in [7, 11) is 0. The van der Waals surface area contributed by atoms with Crippen LogP contribution in [0.1, 0.15) is 5.56 Å². The topological polar surface area (TPSA) is 69.6 Å². The van der Waals surface area contributed by atoms with E-state index < -0.39 is 0 Å². The molecule has 2 aromatic heterocycles. The number of hydrogen-bond acceptors (Lipinski definition) is 4. The fraction of sp³-hybridized carbons (Fsp3) is 0.154. The lowest BCUT2D eigenvalue weighted by molar-refractivity contribution is 0.822. The minimum absolute atomic E-state index is 0.585. The van der Waals surface area contributed by atoms with E-state index in [-0.39, 0.29) is 0 Å². The van der Waals surface area contributed by atoms with Crippen molar-refractivity contribution in [3.63, 3.8) is 0 Å². The maximum absolute atomic E-state index is 5.65. The SMILES string of the molecule is NCCc1cc2ccccc2nc1-n1cncn1. The van der Waals surface area contributed by atoms with E-state index in [4.69, 9.17) is 5.73 Å². The molecule has 0 saturated carbocycles. The highest BCUT2D eigenvalue weighted by molar-refractivity contribution is 5.80. The number of aromatic nitrogens is 4. The van der Waals surface area contributed by atoms with Gasteiger partial charge in [0.15, 0.2) is 5.82 Å². The lowest BCUT2D eigenvalue weighted by Gasteiger charge is -2.09. The monoisotopic (exact) mass is 239 g/mol. The summed E-state index contributed by atoms with van der Waals surface area (Å²) in [4.78, 5) is 8.60. The molecule has 18 heavy (non-hydrogen) atoms. The average molecular weight is 239 g/mol. The van der Waals surface area contributed by atoms with E-state index in [1.165, 1.54) is 6.33 Å². The van der Waals surface area contributed by atoms with Gasteiger partial charge < -0.3 is 5.73 Å². The van der Waals surface area contributed by atoms with Gasteiger partial charge in [0.2, 0.25) is 0 Å². The van der Waals surface area contributed by atoms with Crippen molar-refractivity contribution in [3.05, 3.63) is 48.5 Å². The van der Waals surface area contributed by atoms with E-state index in [1.807, 2.05) is 24.3 Å². The van der Waals surface area contributed by atoms with Gasteiger partial charge in [-0.3, -0.25) is 0 Å². The van der Waals surface area contributed by atoms with Crippen molar-refractivity contribution in [2.45, 2.75) is 6.42 Å². The predicted molar refractivity (Wildman–Crippen MR) is 69.4 cm³/mol. The molecule has 0 radical (unpaired) electrons. The van der Waals surface area contributed by atoms with Crippen molar-refractivity contribution < 1.29 is 0 Å². The number of fused-ring (bicyclic) bond motifs is 1. The summed E-state index contributed by atoms with van der Waals surface area (Å²) in [5.74, 6) is 0.802. The standard InChI is InChI=1S/C13H13N5/c14-6-5-11-7-10-3-1-2-4-12(10)17-13(11)18-9-15-8-16-18/h1-4,7-9H,5-6,14H2. The number of rotatable bonds is 3. The van der Waals surface area contributed by atoms with Crippen LogP contribution >= 0.6 is 0 Å². The Kier molecular flexibility index (Phi) is 2.74. The van der Waals surface area contributed by atoms with Crippen molar-refractivity contribution >= 4 is 10.9 Å². The first kappa shape index (κ1) is 10.9. The van der Waals surface area contributed by atoms with Gasteiger partial charge in [-0.25, -0.2) is 14.6 Å². The molecule has 0 amide bonds. The second kappa shape index (κ2) is 4.54. The number of benzene rings is 1. The Hall–Kier alpha value is -2.27. The Morgan fingerprint density at radius 2 is 2.11 bits per heavy atom. The van der Waals surface area contributed by atoms with Gasteiger partial charge in [-0.2, -0.15) is 5.10 Å². The van der Waals surface area contributed by atoms with E-state index in [2.05, 4.69) is 21.1 Å². The van der Waals surface area contributed by atoms with Crippen LogP contribution < -0.4 is 5.73 Å². The fourth-order valence-corrected chi connectivity index (χ4v) is 2.00. The highest BCUT2D eigenvalue weighted by Crippen LogP contribution is 2.19. The predicted octanol–water partition coefficient (Wildman–Crippen LogP) is 1.32. The molecule has 0 bridgehead atoms. The molecule has 0 atom stereocenters. The Bertz CT molecular complexity index is 660. The van der Waals surface area contributed by atoms with Gasteiger partial charge in [-0.05, 0) is 30.7 Å². The number of nitrogens with two attached hydrogens (primary N) is 1. The lowest BCUT2D eigenvalue weighted by Crippen LogP contribution is -2.09. The first-order valence-electron chi connectivity index (χ1n) is 5.82. The summed E-state index contributed by atoms with van der Waals surface area (Å²) in [6.45, 7) is 0.585.